The van der Waals surface area contributed by atoms with Crippen molar-refractivity contribution in [3.05, 3.63) is 64.8 Å². The first-order valence-corrected chi connectivity index (χ1v) is 5.65. The first kappa shape index (κ1) is 10.7. The average molecular weight is 237 g/mol. The predicted molar refractivity (Wildman–Crippen MR) is 69.9 cm³/mol. The molecule has 0 radical (unpaired) electrons. The number of nitrogens with zero attached hydrogens (tertiary/aromatic N) is 3. The lowest BCUT2D eigenvalue weighted by Gasteiger charge is -2.09. The first-order chi connectivity index (χ1) is 8.75. The van der Waals surface area contributed by atoms with E-state index in [2.05, 4.69) is 9.97 Å². The number of aryl methyl sites for hydroxylation is 1. The summed E-state index contributed by atoms with van der Waals surface area (Å²) in [5, 5.41) is 0.529. The fourth-order valence-electron chi connectivity index (χ4n) is 1.96. The van der Waals surface area contributed by atoms with Crippen LogP contribution >= 0.6 is 0 Å². The maximum absolute atomic E-state index is 11.7. The highest BCUT2D eigenvalue weighted by Crippen LogP contribution is 2.14. The van der Waals surface area contributed by atoms with Crippen LogP contribution in [0.25, 0.3) is 16.7 Å². The molecule has 0 aliphatic carbocycles. The van der Waals surface area contributed by atoms with Crippen molar-refractivity contribution in [3.63, 3.8) is 0 Å². The van der Waals surface area contributed by atoms with Gasteiger partial charge in [0.2, 0.25) is 0 Å². The molecule has 0 amide bonds. The molecule has 3 rings (SSSR count). The SMILES string of the molecule is Cc1cccc(-n2cnc(=O)c3cccnc32)c1. The van der Waals surface area contributed by atoms with Gasteiger partial charge in [0.05, 0.1) is 5.39 Å². The maximum Gasteiger partial charge on any atom is 0.282 e. The van der Waals surface area contributed by atoms with Crippen molar-refractivity contribution in [1.82, 2.24) is 14.5 Å². The van der Waals surface area contributed by atoms with E-state index in [0.29, 0.717) is 11.0 Å². The van der Waals surface area contributed by atoms with E-state index in [1.807, 2.05) is 35.8 Å². The van der Waals surface area contributed by atoms with Crippen molar-refractivity contribution in [1.29, 1.82) is 0 Å². The molecule has 0 fully saturated rings. The minimum atomic E-state index is -0.248. The van der Waals surface area contributed by atoms with Crippen LogP contribution in [0.4, 0.5) is 0 Å². The first-order valence-electron chi connectivity index (χ1n) is 5.65. The Labute approximate surface area is 104 Å². The van der Waals surface area contributed by atoms with Crippen molar-refractivity contribution in [2.75, 3.05) is 0 Å². The van der Waals surface area contributed by atoms with Crippen molar-refractivity contribution in [2.45, 2.75) is 6.92 Å². The van der Waals surface area contributed by atoms with Gasteiger partial charge in [-0.15, -0.1) is 0 Å². The largest absolute Gasteiger partial charge is 0.284 e. The Hall–Kier alpha value is -2.49. The van der Waals surface area contributed by atoms with Crippen LogP contribution in [0.1, 0.15) is 5.56 Å². The van der Waals surface area contributed by atoms with Crippen LogP contribution < -0.4 is 5.56 Å². The van der Waals surface area contributed by atoms with Gasteiger partial charge in [-0.2, -0.15) is 4.98 Å². The number of pyridine rings is 1. The van der Waals surface area contributed by atoms with Crippen LogP contribution in [0.3, 0.4) is 0 Å². The Morgan fingerprint density at radius 3 is 2.83 bits per heavy atom. The molecule has 88 valence electrons. The third-order valence-corrected chi connectivity index (χ3v) is 2.82. The second-order valence-electron chi connectivity index (χ2n) is 4.13. The fraction of sp³-hybridized carbons (Fsp3) is 0.0714. The Balaban J connectivity index is 2.37. The lowest BCUT2D eigenvalue weighted by atomic mass is 10.2. The summed E-state index contributed by atoms with van der Waals surface area (Å²) in [5.74, 6) is 0. The third kappa shape index (κ3) is 1.68. The van der Waals surface area contributed by atoms with E-state index in [9.17, 15) is 4.79 Å². The van der Waals surface area contributed by atoms with E-state index in [4.69, 9.17) is 0 Å². The van der Waals surface area contributed by atoms with Crippen LogP contribution in [-0.4, -0.2) is 14.5 Å². The van der Waals surface area contributed by atoms with E-state index in [1.54, 1.807) is 18.3 Å². The molecule has 0 saturated heterocycles. The zero-order chi connectivity index (χ0) is 12.5. The van der Waals surface area contributed by atoms with Crippen molar-refractivity contribution >= 4 is 11.0 Å². The number of aromatic nitrogens is 3. The van der Waals surface area contributed by atoms with Crippen molar-refractivity contribution in [3.8, 4) is 5.69 Å². The van der Waals surface area contributed by atoms with Gasteiger partial charge in [-0.1, -0.05) is 12.1 Å². The van der Waals surface area contributed by atoms with Crippen LogP contribution in [0.5, 0.6) is 0 Å². The third-order valence-electron chi connectivity index (χ3n) is 2.82. The number of hydrogen-bond donors (Lipinski definition) is 0. The molecule has 3 aromatic rings. The average Bonchev–Trinajstić information content (AvgIpc) is 2.39. The molecule has 0 saturated carbocycles. The van der Waals surface area contributed by atoms with Crippen LogP contribution in [0.2, 0.25) is 0 Å². The molecule has 0 aliphatic rings. The summed E-state index contributed by atoms with van der Waals surface area (Å²) in [5.41, 5.74) is 2.48. The highest BCUT2D eigenvalue weighted by Gasteiger charge is 2.05. The molecule has 2 aromatic heterocycles. The molecule has 2 heterocycles. The highest BCUT2D eigenvalue weighted by atomic mass is 16.1. The zero-order valence-electron chi connectivity index (χ0n) is 9.87. The van der Waals surface area contributed by atoms with Gasteiger partial charge in [0.25, 0.3) is 5.56 Å². The van der Waals surface area contributed by atoms with Gasteiger partial charge in [-0.25, -0.2) is 4.98 Å². The molecule has 0 unspecified atom stereocenters. The Kier molecular flexibility index (Phi) is 2.41. The number of benzene rings is 1. The van der Waals surface area contributed by atoms with Crippen molar-refractivity contribution in [2.24, 2.45) is 0 Å². The summed E-state index contributed by atoms with van der Waals surface area (Å²) in [6, 6.07) is 11.5. The molecule has 0 bridgehead atoms. The Morgan fingerprint density at radius 2 is 2.00 bits per heavy atom. The fourth-order valence-corrected chi connectivity index (χ4v) is 1.96. The van der Waals surface area contributed by atoms with Gasteiger partial charge in [-0.05, 0) is 36.8 Å². The number of rotatable bonds is 1. The summed E-state index contributed by atoms with van der Waals surface area (Å²) in [4.78, 5) is 19.8. The number of fused-ring (bicyclic) bond motifs is 1. The molecule has 0 spiro atoms. The lowest BCUT2D eigenvalue weighted by molar-refractivity contribution is 0.990. The second-order valence-corrected chi connectivity index (χ2v) is 4.13. The standard InChI is InChI=1S/C14H11N3O/c1-10-4-2-5-11(8-10)17-9-16-14(18)12-6-3-7-15-13(12)17/h2-9H,1H3. The molecule has 0 atom stereocenters. The van der Waals surface area contributed by atoms with E-state index in [1.165, 1.54) is 6.33 Å². The van der Waals surface area contributed by atoms with Gasteiger partial charge >= 0.3 is 0 Å². The molecule has 18 heavy (non-hydrogen) atoms. The van der Waals surface area contributed by atoms with Gasteiger partial charge in [-0.3, -0.25) is 9.36 Å². The number of hydrogen-bond acceptors (Lipinski definition) is 3. The normalized spacial score (nSPS) is 10.7. The molecular formula is C14H11N3O. The summed E-state index contributed by atoms with van der Waals surface area (Å²) in [7, 11) is 0. The Bertz CT molecular complexity index is 777. The minimum Gasteiger partial charge on any atom is -0.284 e. The van der Waals surface area contributed by atoms with Gasteiger partial charge < -0.3 is 0 Å². The van der Waals surface area contributed by atoms with E-state index in [0.717, 1.165) is 11.3 Å². The van der Waals surface area contributed by atoms with E-state index >= 15 is 0 Å². The van der Waals surface area contributed by atoms with Crippen LogP contribution in [0, 0.1) is 6.92 Å². The topological polar surface area (TPSA) is 47.8 Å². The van der Waals surface area contributed by atoms with E-state index in [-0.39, 0.29) is 5.56 Å². The molecule has 0 N–H and O–H groups in total. The van der Waals surface area contributed by atoms with Gasteiger partial charge in [0.1, 0.15) is 6.33 Å². The minimum absolute atomic E-state index is 0.248. The van der Waals surface area contributed by atoms with Crippen LogP contribution in [-0.2, 0) is 0 Å². The summed E-state index contributed by atoms with van der Waals surface area (Å²) >= 11 is 0. The molecule has 4 heteroatoms. The quantitative estimate of drug-likeness (QED) is 0.651. The lowest BCUT2D eigenvalue weighted by Crippen LogP contribution is -2.12. The molecule has 4 nitrogen and oxygen atoms in total. The summed E-state index contributed by atoms with van der Waals surface area (Å²) in [6.45, 7) is 2.02. The highest BCUT2D eigenvalue weighted by molar-refractivity contribution is 5.75. The van der Waals surface area contributed by atoms with Gasteiger partial charge in [0.15, 0.2) is 5.65 Å². The molecule has 1 aromatic carbocycles. The maximum atomic E-state index is 11.7. The Morgan fingerprint density at radius 1 is 1.11 bits per heavy atom. The second kappa shape index (κ2) is 4.07. The van der Waals surface area contributed by atoms with Crippen molar-refractivity contribution < 1.29 is 0 Å². The monoisotopic (exact) mass is 237 g/mol. The molecule has 0 aliphatic heterocycles. The summed E-state index contributed by atoms with van der Waals surface area (Å²) in [6.07, 6.45) is 3.19. The summed E-state index contributed by atoms with van der Waals surface area (Å²) < 4.78 is 1.82. The van der Waals surface area contributed by atoms with E-state index < -0.39 is 0 Å². The molecular weight excluding hydrogens is 226 g/mol. The van der Waals surface area contributed by atoms with Crippen LogP contribution in [0.15, 0.2) is 53.7 Å². The zero-order valence-corrected chi connectivity index (χ0v) is 9.87. The smallest absolute Gasteiger partial charge is 0.282 e. The van der Waals surface area contributed by atoms with Gasteiger partial charge in [0, 0.05) is 11.9 Å². The predicted octanol–water partition coefficient (Wildman–Crippen LogP) is 2.09.